The minimum Gasteiger partial charge on any atom is -0.353 e. The quantitative estimate of drug-likeness (QED) is 0.848. The van der Waals surface area contributed by atoms with Crippen LogP contribution in [0.3, 0.4) is 0 Å². The van der Waals surface area contributed by atoms with Gasteiger partial charge < -0.3 is 10.6 Å². The molecule has 2 unspecified atom stereocenters. The smallest absolute Gasteiger partial charge is 0.145 e. The van der Waals surface area contributed by atoms with Crippen molar-refractivity contribution in [3.8, 4) is 0 Å². The number of aromatic nitrogens is 2. The van der Waals surface area contributed by atoms with Crippen LogP contribution < -0.4 is 10.6 Å². The molecule has 0 aliphatic heterocycles. The van der Waals surface area contributed by atoms with Crippen LogP contribution in [0.1, 0.15) is 26.2 Å². The van der Waals surface area contributed by atoms with Gasteiger partial charge in [-0.05, 0) is 54.8 Å². The molecule has 1 fully saturated rings. The molecule has 0 aromatic carbocycles. The van der Waals surface area contributed by atoms with Crippen molar-refractivity contribution >= 4 is 28.4 Å². The zero-order chi connectivity index (χ0) is 12.3. The highest BCUT2D eigenvalue weighted by Gasteiger charge is 2.31. The minimum absolute atomic E-state index is 0.549. The van der Waals surface area contributed by atoms with Crippen molar-refractivity contribution in [3.05, 3.63) is 16.1 Å². The lowest BCUT2D eigenvalue weighted by Gasteiger charge is -2.33. The lowest BCUT2D eigenvalue weighted by Crippen LogP contribution is -2.41. The first-order valence-electron chi connectivity index (χ1n) is 6.20. The summed E-state index contributed by atoms with van der Waals surface area (Å²) in [5.41, 5.74) is 5.87. The lowest BCUT2D eigenvalue weighted by atomic mass is 10.0. The molecule has 0 radical (unpaired) electrons. The van der Waals surface area contributed by atoms with Gasteiger partial charge in [0.2, 0.25) is 0 Å². The van der Waals surface area contributed by atoms with Crippen LogP contribution in [0.15, 0.2) is 12.5 Å². The third-order valence-corrected chi connectivity index (χ3v) is 4.34. The van der Waals surface area contributed by atoms with Crippen molar-refractivity contribution in [2.75, 3.05) is 18.0 Å². The Kier molecular flexibility index (Phi) is 4.55. The van der Waals surface area contributed by atoms with Crippen molar-refractivity contribution in [2.24, 2.45) is 11.7 Å². The molecule has 94 valence electrons. The third-order valence-electron chi connectivity index (χ3n) is 3.58. The summed E-state index contributed by atoms with van der Waals surface area (Å²) >= 11 is 2.31. The van der Waals surface area contributed by atoms with Crippen LogP contribution in [0.4, 0.5) is 5.82 Å². The molecule has 1 aromatic rings. The van der Waals surface area contributed by atoms with E-state index in [4.69, 9.17) is 5.73 Å². The Morgan fingerprint density at radius 3 is 3.00 bits per heavy atom. The predicted molar refractivity (Wildman–Crippen MR) is 78.0 cm³/mol. The van der Waals surface area contributed by atoms with Gasteiger partial charge in [-0.15, -0.1) is 0 Å². The number of halogens is 1. The SMILES string of the molecule is CCN(c1ncncc1I)C1CCCC1CN. The van der Waals surface area contributed by atoms with Gasteiger partial charge in [-0.3, -0.25) is 0 Å². The second kappa shape index (κ2) is 5.95. The van der Waals surface area contributed by atoms with Gasteiger partial charge in [0.05, 0.1) is 3.57 Å². The molecular weight excluding hydrogens is 327 g/mol. The molecule has 0 amide bonds. The maximum absolute atomic E-state index is 5.87. The Bertz CT molecular complexity index is 371. The van der Waals surface area contributed by atoms with Crippen LogP contribution in [-0.4, -0.2) is 29.1 Å². The molecule has 1 heterocycles. The van der Waals surface area contributed by atoms with Crippen molar-refractivity contribution in [2.45, 2.75) is 32.2 Å². The molecular formula is C12H19IN4. The average molecular weight is 346 g/mol. The normalized spacial score (nSPS) is 23.9. The summed E-state index contributed by atoms with van der Waals surface area (Å²) in [5, 5.41) is 0. The summed E-state index contributed by atoms with van der Waals surface area (Å²) < 4.78 is 1.12. The maximum atomic E-state index is 5.87. The Morgan fingerprint density at radius 2 is 2.35 bits per heavy atom. The van der Waals surface area contributed by atoms with E-state index in [9.17, 15) is 0 Å². The molecule has 2 rings (SSSR count). The lowest BCUT2D eigenvalue weighted by molar-refractivity contribution is 0.459. The van der Waals surface area contributed by atoms with Crippen LogP contribution >= 0.6 is 22.6 Å². The summed E-state index contributed by atoms with van der Waals surface area (Å²) in [6.45, 7) is 3.95. The first-order chi connectivity index (χ1) is 8.27. The molecule has 5 heteroatoms. The minimum atomic E-state index is 0.549. The summed E-state index contributed by atoms with van der Waals surface area (Å²) in [5.74, 6) is 1.68. The average Bonchev–Trinajstić information content (AvgIpc) is 2.81. The van der Waals surface area contributed by atoms with E-state index >= 15 is 0 Å². The van der Waals surface area contributed by atoms with Gasteiger partial charge in [-0.1, -0.05) is 6.42 Å². The Hall–Kier alpha value is -0.430. The molecule has 2 atom stereocenters. The van der Waals surface area contributed by atoms with Crippen LogP contribution in [0, 0.1) is 9.49 Å². The summed E-state index contributed by atoms with van der Waals surface area (Å²) in [6, 6.07) is 0.549. The molecule has 0 bridgehead atoms. The number of nitrogens with zero attached hydrogens (tertiary/aromatic N) is 3. The monoisotopic (exact) mass is 346 g/mol. The van der Waals surface area contributed by atoms with Gasteiger partial charge >= 0.3 is 0 Å². The van der Waals surface area contributed by atoms with E-state index in [1.807, 2.05) is 6.20 Å². The molecule has 2 N–H and O–H groups in total. The zero-order valence-corrected chi connectivity index (χ0v) is 12.3. The number of rotatable bonds is 4. The molecule has 0 spiro atoms. The standard InChI is InChI=1S/C12H19IN4/c1-2-17(11-5-3-4-9(11)6-14)12-10(13)7-15-8-16-12/h7-9,11H,2-6,14H2,1H3. The van der Waals surface area contributed by atoms with Gasteiger partial charge in [0, 0.05) is 18.8 Å². The first-order valence-corrected chi connectivity index (χ1v) is 7.28. The Morgan fingerprint density at radius 1 is 1.53 bits per heavy atom. The fourth-order valence-electron chi connectivity index (χ4n) is 2.76. The van der Waals surface area contributed by atoms with E-state index in [1.54, 1.807) is 6.33 Å². The second-order valence-electron chi connectivity index (χ2n) is 4.47. The molecule has 1 saturated carbocycles. The highest BCUT2D eigenvalue weighted by molar-refractivity contribution is 14.1. The highest BCUT2D eigenvalue weighted by atomic mass is 127. The predicted octanol–water partition coefficient (Wildman–Crippen LogP) is 2.03. The van der Waals surface area contributed by atoms with Gasteiger partial charge in [-0.2, -0.15) is 0 Å². The largest absolute Gasteiger partial charge is 0.353 e. The van der Waals surface area contributed by atoms with E-state index < -0.39 is 0 Å². The van der Waals surface area contributed by atoms with Gasteiger partial charge in [0.15, 0.2) is 0 Å². The van der Waals surface area contributed by atoms with E-state index in [0.29, 0.717) is 12.0 Å². The van der Waals surface area contributed by atoms with Gasteiger partial charge in [-0.25, -0.2) is 9.97 Å². The second-order valence-corrected chi connectivity index (χ2v) is 5.64. The van der Waals surface area contributed by atoms with Crippen molar-refractivity contribution < 1.29 is 0 Å². The maximum Gasteiger partial charge on any atom is 0.145 e. The highest BCUT2D eigenvalue weighted by Crippen LogP contribution is 2.32. The van der Waals surface area contributed by atoms with E-state index in [2.05, 4.69) is 44.4 Å². The first kappa shape index (κ1) is 13.0. The summed E-state index contributed by atoms with van der Waals surface area (Å²) in [7, 11) is 0. The Balaban J connectivity index is 2.24. The number of nitrogens with two attached hydrogens (primary N) is 1. The summed E-state index contributed by atoms with van der Waals surface area (Å²) in [6.07, 6.45) is 7.27. The number of anilines is 1. The van der Waals surface area contributed by atoms with E-state index in [0.717, 1.165) is 22.5 Å². The van der Waals surface area contributed by atoms with Crippen LogP contribution in [0.5, 0.6) is 0 Å². The molecule has 1 aliphatic rings. The van der Waals surface area contributed by atoms with Crippen molar-refractivity contribution in [1.82, 2.24) is 9.97 Å². The van der Waals surface area contributed by atoms with E-state index in [1.165, 1.54) is 19.3 Å². The van der Waals surface area contributed by atoms with Crippen LogP contribution in [0.25, 0.3) is 0 Å². The van der Waals surface area contributed by atoms with E-state index in [-0.39, 0.29) is 0 Å². The Labute approximate surface area is 116 Å². The third kappa shape index (κ3) is 2.70. The molecule has 0 saturated heterocycles. The topological polar surface area (TPSA) is 55.0 Å². The fraction of sp³-hybridized carbons (Fsp3) is 0.667. The van der Waals surface area contributed by atoms with Crippen molar-refractivity contribution in [1.29, 1.82) is 0 Å². The van der Waals surface area contributed by atoms with Crippen LogP contribution in [-0.2, 0) is 0 Å². The van der Waals surface area contributed by atoms with Gasteiger partial charge in [0.1, 0.15) is 12.1 Å². The van der Waals surface area contributed by atoms with Crippen molar-refractivity contribution in [3.63, 3.8) is 0 Å². The molecule has 1 aromatic heterocycles. The molecule has 4 nitrogen and oxygen atoms in total. The zero-order valence-electron chi connectivity index (χ0n) is 10.1. The van der Waals surface area contributed by atoms with Crippen LogP contribution in [0.2, 0.25) is 0 Å². The molecule has 17 heavy (non-hydrogen) atoms. The summed E-state index contributed by atoms with van der Waals surface area (Å²) in [4.78, 5) is 10.9. The number of hydrogen-bond acceptors (Lipinski definition) is 4. The fourth-order valence-corrected chi connectivity index (χ4v) is 3.37. The van der Waals surface area contributed by atoms with Gasteiger partial charge in [0.25, 0.3) is 0 Å². The molecule has 1 aliphatic carbocycles. The number of hydrogen-bond donors (Lipinski definition) is 1.